The van der Waals surface area contributed by atoms with E-state index in [1.807, 2.05) is 77.8 Å². The van der Waals surface area contributed by atoms with Crippen LogP contribution in [0.3, 0.4) is 0 Å². The molecule has 4 aromatic rings. The van der Waals surface area contributed by atoms with E-state index in [1.54, 1.807) is 0 Å². The van der Waals surface area contributed by atoms with E-state index in [4.69, 9.17) is 10.2 Å². The van der Waals surface area contributed by atoms with Gasteiger partial charge in [-0.05, 0) is 35.1 Å². The third-order valence-corrected chi connectivity index (χ3v) is 6.69. The standard InChI is InChI=1S/C34H34N4O/c39-33-23-13-22-32(35-37(24-28-14-5-1-6-15-28)25-29-16-7-2-8-17-29)34(33)36-38(26-30-18-9-3-10-19-30)27-31-20-11-4-12-21-31/h1-12,14-21H,13,22-27H2/b35-32-,36-34-. The average Bonchev–Trinajstić information content (AvgIpc) is 2.97. The third kappa shape index (κ3) is 7.74. The van der Waals surface area contributed by atoms with Crippen LogP contribution in [0, 0.1) is 0 Å². The first-order chi connectivity index (χ1) is 19.2. The second kappa shape index (κ2) is 13.3. The van der Waals surface area contributed by atoms with Crippen molar-refractivity contribution in [2.75, 3.05) is 0 Å². The van der Waals surface area contributed by atoms with Crippen LogP contribution in [0.2, 0.25) is 0 Å². The van der Waals surface area contributed by atoms with Crippen LogP contribution in [0.1, 0.15) is 41.5 Å². The van der Waals surface area contributed by atoms with Crippen LogP contribution in [0.5, 0.6) is 0 Å². The maximum absolute atomic E-state index is 13.3. The Morgan fingerprint density at radius 1 is 0.487 bits per heavy atom. The van der Waals surface area contributed by atoms with Crippen molar-refractivity contribution in [2.45, 2.75) is 45.4 Å². The van der Waals surface area contributed by atoms with Gasteiger partial charge in [0, 0.05) is 6.42 Å². The Hall–Kier alpha value is -4.51. The van der Waals surface area contributed by atoms with Gasteiger partial charge >= 0.3 is 0 Å². The molecule has 0 radical (unpaired) electrons. The first-order valence-corrected chi connectivity index (χ1v) is 13.6. The maximum Gasteiger partial charge on any atom is 0.184 e. The monoisotopic (exact) mass is 514 g/mol. The van der Waals surface area contributed by atoms with Crippen molar-refractivity contribution in [3.8, 4) is 0 Å². The molecule has 0 unspecified atom stereocenters. The summed E-state index contributed by atoms with van der Waals surface area (Å²) in [6.45, 7) is 2.52. The first kappa shape index (κ1) is 26.1. The highest BCUT2D eigenvalue weighted by molar-refractivity contribution is 6.68. The fourth-order valence-corrected chi connectivity index (χ4v) is 4.77. The Morgan fingerprint density at radius 2 is 0.846 bits per heavy atom. The molecule has 0 spiro atoms. The number of rotatable bonds is 10. The zero-order valence-electron chi connectivity index (χ0n) is 22.2. The molecular formula is C34H34N4O. The zero-order valence-corrected chi connectivity index (χ0v) is 22.2. The molecule has 1 aliphatic carbocycles. The van der Waals surface area contributed by atoms with Crippen LogP contribution in [-0.2, 0) is 31.0 Å². The predicted molar refractivity (Wildman–Crippen MR) is 158 cm³/mol. The van der Waals surface area contributed by atoms with E-state index >= 15 is 0 Å². The largest absolute Gasteiger partial charge is 0.292 e. The fraction of sp³-hybridized carbons (Fsp3) is 0.206. The van der Waals surface area contributed by atoms with E-state index in [1.165, 1.54) is 11.1 Å². The highest BCUT2D eigenvalue weighted by atomic mass is 16.1. The van der Waals surface area contributed by atoms with Crippen molar-refractivity contribution < 1.29 is 4.79 Å². The molecule has 0 amide bonds. The molecule has 0 aromatic heterocycles. The van der Waals surface area contributed by atoms with Gasteiger partial charge in [-0.3, -0.25) is 14.8 Å². The van der Waals surface area contributed by atoms with Crippen molar-refractivity contribution in [3.05, 3.63) is 144 Å². The SMILES string of the molecule is O=C1CCCC(=N/N(Cc2ccccc2)Cc2ccccc2)/C1=N/N(Cc1ccccc1)Cc1ccccc1. The summed E-state index contributed by atoms with van der Waals surface area (Å²) in [5.41, 5.74) is 5.90. The van der Waals surface area contributed by atoms with Crippen molar-refractivity contribution in [3.63, 3.8) is 0 Å². The van der Waals surface area contributed by atoms with Gasteiger partial charge in [0.1, 0.15) is 5.71 Å². The number of carbonyl (C=O) groups excluding carboxylic acids is 1. The Labute approximate surface area is 231 Å². The molecule has 0 aliphatic heterocycles. The van der Waals surface area contributed by atoms with Crippen LogP contribution >= 0.6 is 0 Å². The lowest BCUT2D eigenvalue weighted by Gasteiger charge is -2.25. The lowest BCUT2D eigenvalue weighted by Crippen LogP contribution is -2.34. The summed E-state index contributed by atoms with van der Waals surface area (Å²) >= 11 is 0. The van der Waals surface area contributed by atoms with E-state index < -0.39 is 0 Å². The van der Waals surface area contributed by atoms with Crippen molar-refractivity contribution in [1.82, 2.24) is 10.0 Å². The molecule has 5 rings (SSSR count). The highest BCUT2D eigenvalue weighted by Gasteiger charge is 2.26. The van der Waals surface area contributed by atoms with E-state index in [0.717, 1.165) is 29.7 Å². The normalized spacial score (nSPS) is 15.4. The number of nitrogens with zero attached hydrogens (tertiary/aromatic N) is 4. The minimum Gasteiger partial charge on any atom is -0.292 e. The Bertz CT molecular complexity index is 1300. The van der Waals surface area contributed by atoms with Gasteiger partial charge in [-0.25, -0.2) is 0 Å². The minimum atomic E-state index is 0.0606. The Morgan fingerprint density at radius 3 is 1.23 bits per heavy atom. The van der Waals surface area contributed by atoms with Crippen LogP contribution in [-0.4, -0.2) is 27.2 Å². The lowest BCUT2D eigenvalue weighted by molar-refractivity contribution is -0.113. The molecule has 196 valence electrons. The Balaban J connectivity index is 1.48. The maximum atomic E-state index is 13.3. The van der Waals surface area contributed by atoms with Crippen LogP contribution in [0.15, 0.2) is 132 Å². The number of carbonyl (C=O) groups is 1. The molecule has 0 atom stereocenters. The number of ketones is 1. The second-order valence-electron chi connectivity index (χ2n) is 9.86. The van der Waals surface area contributed by atoms with Gasteiger partial charge in [-0.2, -0.15) is 10.2 Å². The number of benzene rings is 4. The lowest BCUT2D eigenvalue weighted by atomic mass is 9.95. The molecular weight excluding hydrogens is 480 g/mol. The van der Waals surface area contributed by atoms with Crippen molar-refractivity contribution >= 4 is 17.2 Å². The summed E-state index contributed by atoms with van der Waals surface area (Å²) in [6, 6.07) is 41.2. The van der Waals surface area contributed by atoms with Gasteiger partial charge in [0.15, 0.2) is 5.78 Å². The molecule has 0 heterocycles. The molecule has 4 aromatic carbocycles. The van der Waals surface area contributed by atoms with Crippen LogP contribution in [0.4, 0.5) is 0 Å². The summed E-state index contributed by atoms with van der Waals surface area (Å²) in [5.74, 6) is 0.0606. The molecule has 1 saturated carbocycles. The van der Waals surface area contributed by atoms with Gasteiger partial charge < -0.3 is 0 Å². The van der Waals surface area contributed by atoms with Gasteiger partial charge in [0.25, 0.3) is 0 Å². The number of hydrazone groups is 2. The number of hydrogen-bond donors (Lipinski definition) is 0. The molecule has 1 aliphatic rings. The summed E-state index contributed by atoms with van der Waals surface area (Å²) < 4.78 is 0. The van der Waals surface area contributed by atoms with Gasteiger partial charge in [0.2, 0.25) is 0 Å². The van der Waals surface area contributed by atoms with Crippen molar-refractivity contribution in [1.29, 1.82) is 0 Å². The Kier molecular flexibility index (Phi) is 8.93. The van der Waals surface area contributed by atoms with Crippen molar-refractivity contribution in [2.24, 2.45) is 10.2 Å². The molecule has 39 heavy (non-hydrogen) atoms. The van der Waals surface area contributed by atoms with Crippen LogP contribution < -0.4 is 0 Å². The van der Waals surface area contributed by atoms with Crippen LogP contribution in [0.25, 0.3) is 0 Å². The smallest absolute Gasteiger partial charge is 0.184 e. The predicted octanol–water partition coefficient (Wildman–Crippen LogP) is 6.86. The first-order valence-electron chi connectivity index (χ1n) is 13.6. The highest BCUT2D eigenvalue weighted by Crippen LogP contribution is 2.18. The molecule has 0 bridgehead atoms. The van der Waals surface area contributed by atoms with Gasteiger partial charge in [-0.15, -0.1) is 0 Å². The van der Waals surface area contributed by atoms with E-state index in [9.17, 15) is 4.79 Å². The topological polar surface area (TPSA) is 48.3 Å². The van der Waals surface area contributed by atoms with Gasteiger partial charge in [0.05, 0.1) is 31.9 Å². The molecule has 1 fully saturated rings. The number of hydrogen-bond acceptors (Lipinski definition) is 5. The summed E-state index contributed by atoms with van der Waals surface area (Å²) in [4.78, 5) is 13.3. The van der Waals surface area contributed by atoms with E-state index in [0.29, 0.717) is 38.3 Å². The second-order valence-corrected chi connectivity index (χ2v) is 9.86. The van der Waals surface area contributed by atoms with E-state index in [-0.39, 0.29) is 5.78 Å². The minimum absolute atomic E-state index is 0.0606. The number of Topliss-reactive ketones (excluding diaryl/α,β-unsaturated/α-hetero) is 1. The molecule has 0 N–H and O–H groups in total. The molecule has 0 saturated heterocycles. The zero-order chi connectivity index (χ0) is 26.7. The quantitative estimate of drug-likeness (QED) is 0.217. The van der Waals surface area contributed by atoms with E-state index in [2.05, 4.69) is 53.5 Å². The summed E-state index contributed by atoms with van der Waals surface area (Å²) in [6.07, 6.45) is 2.02. The third-order valence-electron chi connectivity index (χ3n) is 6.69. The average molecular weight is 515 g/mol. The van der Waals surface area contributed by atoms with Gasteiger partial charge in [-0.1, -0.05) is 121 Å². The summed E-state index contributed by atoms with van der Waals surface area (Å²) in [5, 5.41) is 14.2. The summed E-state index contributed by atoms with van der Waals surface area (Å²) in [7, 11) is 0. The fourth-order valence-electron chi connectivity index (χ4n) is 4.77. The molecule has 5 nitrogen and oxygen atoms in total. The molecule has 5 heteroatoms.